The normalized spacial score (nSPS) is 12.2. The molecule has 0 heterocycles. The van der Waals surface area contributed by atoms with Crippen molar-refractivity contribution in [3.8, 4) is 5.75 Å². The lowest BCUT2D eigenvalue weighted by atomic mass is 10.1. The largest absolute Gasteiger partial charge is 0.491 e. The molecule has 0 saturated heterocycles. The third kappa shape index (κ3) is 5.59. The Morgan fingerprint density at radius 2 is 1.95 bits per heavy atom. The van der Waals surface area contributed by atoms with Gasteiger partial charge >= 0.3 is 0 Å². The molecule has 0 bridgehead atoms. The molecule has 5 nitrogen and oxygen atoms in total. The van der Waals surface area contributed by atoms with Crippen LogP contribution in [-0.4, -0.2) is 43.5 Å². The molecule has 0 spiro atoms. The SMILES string of the molecule is COCC(CCO)NC(=O)c1ccc(OC(C)C)cc1. The molecule has 0 aromatic heterocycles. The zero-order valence-corrected chi connectivity index (χ0v) is 12.3. The summed E-state index contributed by atoms with van der Waals surface area (Å²) in [6.07, 6.45) is 0.569. The van der Waals surface area contributed by atoms with Crippen LogP contribution in [0.3, 0.4) is 0 Å². The molecule has 1 rings (SSSR count). The Labute approximate surface area is 119 Å². The highest BCUT2D eigenvalue weighted by molar-refractivity contribution is 5.94. The first-order valence-corrected chi connectivity index (χ1v) is 6.74. The molecule has 1 amide bonds. The van der Waals surface area contributed by atoms with Crippen LogP contribution in [0, 0.1) is 0 Å². The Kier molecular flexibility index (Phi) is 7.04. The first-order chi connectivity index (χ1) is 9.56. The number of benzene rings is 1. The second-order valence-electron chi connectivity index (χ2n) is 4.83. The standard InChI is InChI=1S/C15H23NO4/c1-11(2)20-14-6-4-12(5-7-14)15(18)16-13(8-9-17)10-19-3/h4-7,11,13,17H,8-10H2,1-3H3,(H,16,18). The van der Waals surface area contributed by atoms with Gasteiger partial charge in [0.25, 0.3) is 5.91 Å². The number of carbonyl (C=O) groups excluding carboxylic acids is 1. The first-order valence-electron chi connectivity index (χ1n) is 6.74. The van der Waals surface area contributed by atoms with Crippen molar-refractivity contribution in [1.82, 2.24) is 5.32 Å². The molecule has 0 saturated carbocycles. The number of carbonyl (C=O) groups is 1. The molecule has 2 N–H and O–H groups in total. The molecule has 1 aromatic carbocycles. The van der Waals surface area contributed by atoms with Crippen LogP contribution in [0.5, 0.6) is 5.75 Å². The monoisotopic (exact) mass is 281 g/mol. The first kappa shape index (κ1) is 16.5. The number of hydrogen-bond acceptors (Lipinski definition) is 4. The number of amides is 1. The summed E-state index contributed by atoms with van der Waals surface area (Å²) in [4.78, 5) is 12.0. The maximum absolute atomic E-state index is 12.0. The van der Waals surface area contributed by atoms with Gasteiger partial charge in [-0.25, -0.2) is 0 Å². The summed E-state index contributed by atoms with van der Waals surface area (Å²) in [6, 6.07) is 6.79. The van der Waals surface area contributed by atoms with Gasteiger partial charge in [0, 0.05) is 19.3 Å². The van der Waals surface area contributed by atoms with Gasteiger partial charge in [-0.15, -0.1) is 0 Å². The van der Waals surface area contributed by atoms with Gasteiger partial charge in [-0.1, -0.05) is 0 Å². The number of nitrogens with one attached hydrogen (secondary N) is 1. The highest BCUT2D eigenvalue weighted by atomic mass is 16.5. The van der Waals surface area contributed by atoms with E-state index in [1.807, 2.05) is 13.8 Å². The van der Waals surface area contributed by atoms with Crippen LogP contribution in [0.2, 0.25) is 0 Å². The van der Waals surface area contributed by atoms with Crippen LogP contribution in [0.1, 0.15) is 30.6 Å². The van der Waals surface area contributed by atoms with Crippen LogP contribution in [-0.2, 0) is 4.74 Å². The summed E-state index contributed by atoms with van der Waals surface area (Å²) in [5.74, 6) is 0.553. The predicted octanol–water partition coefficient (Wildman–Crippen LogP) is 1.60. The summed E-state index contributed by atoms with van der Waals surface area (Å²) in [5, 5.41) is 11.8. The van der Waals surface area contributed by atoms with E-state index in [9.17, 15) is 4.79 Å². The lowest BCUT2D eigenvalue weighted by Crippen LogP contribution is -2.38. The second kappa shape index (κ2) is 8.55. The minimum absolute atomic E-state index is 0.00940. The highest BCUT2D eigenvalue weighted by Crippen LogP contribution is 2.14. The predicted molar refractivity (Wildman–Crippen MR) is 77.0 cm³/mol. The molecule has 0 aliphatic heterocycles. The number of ether oxygens (including phenoxy) is 2. The van der Waals surface area contributed by atoms with E-state index in [1.165, 1.54) is 0 Å². The molecular formula is C15H23NO4. The fourth-order valence-electron chi connectivity index (χ4n) is 1.78. The zero-order valence-electron chi connectivity index (χ0n) is 12.3. The Morgan fingerprint density at radius 1 is 1.30 bits per heavy atom. The molecular weight excluding hydrogens is 258 g/mol. The molecule has 0 radical (unpaired) electrons. The van der Waals surface area contributed by atoms with E-state index in [0.29, 0.717) is 18.6 Å². The van der Waals surface area contributed by atoms with Gasteiger partial charge in [0.2, 0.25) is 0 Å². The molecule has 20 heavy (non-hydrogen) atoms. The van der Waals surface area contributed by atoms with E-state index in [0.717, 1.165) is 5.75 Å². The van der Waals surface area contributed by atoms with Crippen LogP contribution in [0.15, 0.2) is 24.3 Å². The molecule has 112 valence electrons. The smallest absolute Gasteiger partial charge is 0.251 e. The highest BCUT2D eigenvalue weighted by Gasteiger charge is 2.13. The van der Waals surface area contributed by atoms with Crippen molar-refractivity contribution >= 4 is 5.91 Å². The number of aliphatic hydroxyl groups excluding tert-OH is 1. The Balaban J connectivity index is 2.62. The maximum atomic E-state index is 12.0. The lowest BCUT2D eigenvalue weighted by molar-refractivity contribution is 0.0878. The van der Waals surface area contributed by atoms with Crippen LogP contribution < -0.4 is 10.1 Å². The van der Waals surface area contributed by atoms with Crippen molar-refractivity contribution in [2.24, 2.45) is 0 Å². The number of methoxy groups -OCH3 is 1. The summed E-state index contributed by atoms with van der Waals surface area (Å²) >= 11 is 0. The Hall–Kier alpha value is -1.59. The molecule has 1 aromatic rings. The van der Waals surface area contributed by atoms with E-state index in [2.05, 4.69) is 5.32 Å². The van der Waals surface area contributed by atoms with Gasteiger partial charge < -0.3 is 19.9 Å². The van der Waals surface area contributed by atoms with Gasteiger partial charge in [0.15, 0.2) is 0 Å². The second-order valence-corrected chi connectivity index (χ2v) is 4.83. The van der Waals surface area contributed by atoms with Crippen molar-refractivity contribution in [3.05, 3.63) is 29.8 Å². The quantitative estimate of drug-likeness (QED) is 0.759. The van der Waals surface area contributed by atoms with E-state index in [4.69, 9.17) is 14.6 Å². The molecule has 1 atom stereocenters. The number of hydrogen-bond donors (Lipinski definition) is 2. The fourth-order valence-corrected chi connectivity index (χ4v) is 1.78. The van der Waals surface area contributed by atoms with E-state index in [1.54, 1.807) is 31.4 Å². The average Bonchev–Trinajstić information content (AvgIpc) is 2.39. The maximum Gasteiger partial charge on any atom is 0.251 e. The van der Waals surface area contributed by atoms with Gasteiger partial charge in [0.1, 0.15) is 5.75 Å². The van der Waals surface area contributed by atoms with Crippen molar-refractivity contribution in [1.29, 1.82) is 0 Å². The van der Waals surface area contributed by atoms with Crippen molar-refractivity contribution in [2.75, 3.05) is 20.3 Å². The third-order valence-corrected chi connectivity index (χ3v) is 2.67. The van der Waals surface area contributed by atoms with Crippen molar-refractivity contribution < 1.29 is 19.4 Å². The van der Waals surface area contributed by atoms with E-state index in [-0.39, 0.29) is 24.7 Å². The van der Waals surface area contributed by atoms with Gasteiger partial charge in [0.05, 0.1) is 18.8 Å². The average molecular weight is 281 g/mol. The van der Waals surface area contributed by atoms with Gasteiger partial charge in [-0.05, 0) is 44.5 Å². The summed E-state index contributed by atoms with van der Waals surface area (Å²) in [7, 11) is 1.56. The fraction of sp³-hybridized carbons (Fsp3) is 0.533. The molecule has 1 unspecified atom stereocenters. The summed E-state index contributed by atoms with van der Waals surface area (Å²) in [5.41, 5.74) is 0.556. The van der Waals surface area contributed by atoms with Crippen molar-refractivity contribution in [3.63, 3.8) is 0 Å². The molecule has 0 aliphatic rings. The number of aliphatic hydroxyl groups is 1. The molecule has 0 fully saturated rings. The minimum atomic E-state index is -0.191. The summed E-state index contributed by atoms with van der Waals surface area (Å²) in [6.45, 7) is 4.28. The van der Waals surface area contributed by atoms with Crippen LogP contribution >= 0.6 is 0 Å². The van der Waals surface area contributed by atoms with Crippen molar-refractivity contribution in [2.45, 2.75) is 32.4 Å². The third-order valence-electron chi connectivity index (χ3n) is 2.67. The van der Waals surface area contributed by atoms with E-state index >= 15 is 0 Å². The van der Waals surface area contributed by atoms with Gasteiger partial charge in [-0.2, -0.15) is 0 Å². The van der Waals surface area contributed by atoms with Crippen LogP contribution in [0.4, 0.5) is 0 Å². The molecule has 0 aliphatic carbocycles. The van der Waals surface area contributed by atoms with Gasteiger partial charge in [-0.3, -0.25) is 4.79 Å². The topological polar surface area (TPSA) is 67.8 Å². The van der Waals surface area contributed by atoms with E-state index < -0.39 is 0 Å². The lowest BCUT2D eigenvalue weighted by Gasteiger charge is -2.17. The number of rotatable bonds is 8. The Bertz CT molecular complexity index is 397. The van der Waals surface area contributed by atoms with Crippen LogP contribution in [0.25, 0.3) is 0 Å². The minimum Gasteiger partial charge on any atom is -0.491 e. The summed E-state index contributed by atoms with van der Waals surface area (Å²) < 4.78 is 10.5. The Morgan fingerprint density at radius 3 is 2.45 bits per heavy atom. The molecule has 5 heteroatoms. The zero-order chi connectivity index (χ0) is 15.0.